The maximum atomic E-state index is 5.41. The number of para-hydroxylation sites is 1. The van der Waals surface area contributed by atoms with Crippen molar-refractivity contribution in [3.8, 4) is 62.1 Å². The Morgan fingerprint density at radius 2 is 0.950 bits per heavy atom. The van der Waals surface area contributed by atoms with E-state index in [9.17, 15) is 0 Å². The van der Waals surface area contributed by atoms with Crippen molar-refractivity contribution in [1.29, 1.82) is 0 Å². The molecule has 2 aromatic heterocycles. The molecule has 282 valence electrons. The Morgan fingerprint density at radius 3 is 1.75 bits per heavy atom. The predicted molar refractivity (Wildman–Crippen MR) is 248 cm³/mol. The molecule has 0 amide bonds. The smallest absolute Gasteiger partial charge is 0.238 e. The average molecular weight is 767 g/mol. The molecule has 1 aliphatic carbocycles. The Labute approximate surface area is 348 Å². The number of benzene rings is 9. The van der Waals surface area contributed by atoms with Crippen LogP contribution in [0.25, 0.3) is 105 Å². The largest absolute Gasteiger partial charge is 0.277 e. The summed E-state index contributed by atoms with van der Waals surface area (Å²) in [5, 5.41) is 6.96. The first-order chi connectivity index (χ1) is 29.5. The van der Waals surface area contributed by atoms with Crippen LogP contribution in [0.2, 0.25) is 0 Å². The third-order valence-electron chi connectivity index (χ3n) is 12.6. The average Bonchev–Trinajstić information content (AvgIpc) is 3.75. The zero-order valence-electron chi connectivity index (χ0n) is 33.3. The van der Waals surface area contributed by atoms with Gasteiger partial charge < -0.3 is 0 Å². The minimum Gasteiger partial charge on any atom is -0.277 e. The lowest BCUT2D eigenvalue weighted by atomic mass is 9.82. The quantitative estimate of drug-likeness (QED) is 0.175. The molecule has 0 fully saturated rings. The molecule has 0 saturated heterocycles. The Balaban J connectivity index is 1.14. The number of hydrogen-bond acceptors (Lipinski definition) is 3. The zero-order valence-corrected chi connectivity index (χ0v) is 33.3. The van der Waals surface area contributed by atoms with E-state index < -0.39 is 0 Å². The highest BCUT2D eigenvalue weighted by Gasteiger charge is 2.35. The molecule has 0 aliphatic heterocycles. The molecule has 0 radical (unpaired) electrons. The Bertz CT molecular complexity index is 3510. The molecule has 0 bridgehead atoms. The molecule has 0 saturated carbocycles. The monoisotopic (exact) mass is 766 g/mol. The van der Waals surface area contributed by atoms with Crippen LogP contribution in [0.15, 0.2) is 194 Å². The maximum Gasteiger partial charge on any atom is 0.238 e. The summed E-state index contributed by atoms with van der Waals surface area (Å²) < 4.78 is 2.28. The van der Waals surface area contributed by atoms with Crippen LogP contribution >= 0.6 is 0 Å². The van der Waals surface area contributed by atoms with E-state index in [1.54, 1.807) is 0 Å². The minimum absolute atomic E-state index is 0.0782. The molecule has 0 unspecified atom stereocenters. The van der Waals surface area contributed by atoms with Gasteiger partial charge in [0.05, 0.1) is 11.0 Å². The van der Waals surface area contributed by atoms with Crippen molar-refractivity contribution in [2.75, 3.05) is 0 Å². The molecule has 9 aromatic carbocycles. The lowest BCUT2D eigenvalue weighted by molar-refractivity contribution is 0.660. The Morgan fingerprint density at radius 1 is 0.367 bits per heavy atom. The van der Waals surface area contributed by atoms with Crippen molar-refractivity contribution in [1.82, 2.24) is 19.5 Å². The summed E-state index contributed by atoms with van der Waals surface area (Å²) >= 11 is 0. The molecule has 2 heterocycles. The van der Waals surface area contributed by atoms with Crippen molar-refractivity contribution in [3.63, 3.8) is 0 Å². The normalized spacial score (nSPS) is 13.0. The predicted octanol–water partition coefficient (Wildman–Crippen LogP) is 14.2. The van der Waals surface area contributed by atoms with E-state index >= 15 is 0 Å². The van der Waals surface area contributed by atoms with E-state index in [1.807, 2.05) is 6.07 Å². The van der Waals surface area contributed by atoms with Crippen LogP contribution in [0.1, 0.15) is 25.0 Å². The molecule has 0 spiro atoms. The van der Waals surface area contributed by atoms with Gasteiger partial charge in [-0.25, -0.2) is 4.98 Å². The topological polar surface area (TPSA) is 43.6 Å². The van der Waals surface area contributed by atoms with Gasteiger partial charge in [-0.05, 0) is 84.8 Å². The van der Waals surface area contributed by atoms with Crippen LogP contribution in [-0.4, -0.2) is 19.5 Å². The lowest BCUT2D eigenvalue weighted by Crippen LogP contribution is -2.14. The van der Waals surface area contributed by atoms with Crippen LogP contribution in [-0.2, 0) is 5.41 Å². The van der Waals surface area contributed by atoms with Crippen molar-refractivity contribution < 1.29 is 0 Å². The van der Waals surface area contributed by atoms with Gasteiger partial charge >= 0.3 is 0 Å². The Kier molecular flexibility index (Phi) is 7.54. The second-order valence-corrected chi connectivity index (χ2v) is 16.5. The fourth-order valence-electron chi connectivity index (χ4n) is 9.57. The van der Waals surface area contributed by atoms with Crippen molar-refractivity contribution in [2.45, 2.75) is 19.3 Å². The standard InChI is InChI=1S/C56H38N4/c1-56(2)49-22-11-10-19-45(49)47-33-42(29-30-50(47)56)44-20-12-21-46-48-32-40-17-8-9-18-41(40)34-51(48)60(52(44)46)55-58-53(38-26-23-37(24-27-38)35-13-4-3-5-14-35)57-54(59-55)43-28-25-36-15-6-7-16-39(36)31-43/h3-34H,1-2H3. The lowest BCUT2D eigenvalue weighted by Gasteiger charge is -2.21. The van der Waals surface area contributed by atoms with Crippen LogP contribution < -0.4 is 0 Å². The van der Waals surface area contributed by atoms with Crippen LogP contribution in [0.5, 0.6) is 0 Å². The fourth-order valence-corrected chi connectivity index (χ4v) is 9.57. The number of aromatic nitrogens is 4. The summed E-state index contributed by atoms with van der Waals surface area (Å²) in [7, 11) is 0. The molecule has 0 atom stereocenters. The van der Waals surface area contributed by atoms with E-state index in [0.29, 0.717) is 17.6 Å². The van der Waals surface area contributed by atoms with Gasteiger partial charge in [0.2, 0.25) is 5.95 Å². The van der Waals surface area contributed by atoms with Gasteiger partial charge in [-0.3, -0.25) is 4.57 Å². The first kappa shape index (κ1) is 34.4. The van der Waals surface area contributed by atoms with E-state index in [1.165, 1.54) is 38.6 Å². The molecule has 0 N–H and O–H groups in total. The highest BCUT2D eigenvalue weighted by molar-refractivity contribution is 6.17. The summed E-state index contributed by atoms with van der Waals surface area (Å²) in [5.41, 5.74) is 13.8. The second kappa shape index (κ2) is 13.2. The number of fused-ring (bicyclic) bond motifs is 8. The van der Waals surface area contributed by atoms with Gasteiger partial charge in [-0.15, -0.1) is 0 Å². The first-order valence-electron chi connectivity index (χ1n) is 20.6. The number of hydrogen-bond donors (Lipinski definition) is 0. The summed E-state index contributed by atoms with van der Waals surface area (Å²) in [4.78, 5) is 16.0. The molecular weight excluding hydrogens is 729 g/mol. The van der Waals surface area contributed by atoms with Crippen LogP contribution in [0.3, 0.4) is 0 Å². The van der Waals surface area contributed by atoms with Crippen molar-refractivity contribution >= 4 is 43.4 Å². The summed E-state index contributed by atoms with van der Waals surface area (Å²) in [5.74, 6) is 1.82. The van der Waals surface area contributed by atoms with E-state index in [4.69, 9.17) is 15.0 Å². The third kappa shape index (κ3) is 5.34. The third-order valence-corrected chi connectivity index (χ3v) is 12.6. The zero-order chi connectivity index (χ0) is 40.0. The first-order valence-corrected chi connectivity index (χ1v) is 20.6. The fraction of sp³-hybridized carbons (Fsp3) is 0.0536. The minimum atomic E-state index is -0.0782. The van der Waals surface area contributed by atoms with Gasteiger partial charge in [0.1, 0.15) is 0 Å². The maximum absolute atomic E-state index is 5.41. The highest BCUT2D eigenvalue weighted by atomic mass is 15.2. The summed E-state index contributed by atoms with van der Waals surface area (Å²) in [6.07, 6.45) is 0. The molecule has 4 nitrogen and oxygen atoms in total. The van der Waals surface area contributed by atoms with Gasteiger partial charge in [-0.2, -0.15) is 9.97 Å². The number of rotatable bonds is 5. The molecule has 1 aliphatic rings. The van der Waals surface area contributed by atoms with E-state index in [-0.39, 0.29) is 5.41 Å². The van der Waals surface area contributed by atoms with Crippen molar-refractivity contribution in [3.05, 3.63) is 205 Å². The number of nitrogens with zero attached hydrogens (tertiary/aromatic N) is 4. The van der Waals surface area contributed by atoms with Gasteiger partial charge in [0, 0.05) is 32.9 Å². The molecule has 11 aromatic rings. The molecule has 12 rings (SSSR count). The van der Waals surface area contributed by atoms with Crippen LogP contribution in [0.4, 0.5) is 0 Å². The van der Waals surface area contributed by atoms with E-state index in [2.05, 4.69) is 206 Å². The van der Waals surface area contributed by atoms with Gasteiger partial charge in [0.25, 0.3) is 0 Å². The van der Waals surface area contributed by atoms with Crippen molar-refractivity contribution in [2.24, 2.45) is 0 Å². The van der Waals surface area contributed by atoms with Gasteiger partial charge in [-0.1, -0.05) is 184 Å². The van der Waals surface area contributed by atoms with E-state index in [0.717, 1.165) is 60.4 Å². The second-order valence-electron chi connectivity index (χ2n) is 16.5. The van der Waals surface area contributed by atoms with Gasteiger partial charge in [0.15, 0.2) is 11.6 Å². The Hall–Kier alpha value is -7.69. The molecule has 60 heavy (non-hydrogen) atoms. The highest BCUT2D eigenvalue weighted by Crippen LogP contribution is 2.50. The summed E-state index contributed by atoms with van der Waals surface area (Å²) in [6, 6.07) is 69.7. The summed E-state index contributed by atoms with van der Waals surface area (Å²) in [6.45, 7) is 4.67. The van der Waals surface area contributed by atoms with Crippen LogP contribution in [0, 0.1) is 0 Å². The molecular formula is C56H38N4. The molecule has 4 heteroatoms. The SMILES string of the molecule is CC1(C)c2ccccc2-c2cc(-c3cccc4c5cc6ccccc6cc5n(-c5nc(-c6ccc(-c7ccccc7)cc6)nc(-c6ccc7ccccc7c6)n5)c34)ccc21.